The molecule has 188 valence electrons. The van der Waals surface area contributed by atoms with Gasteiger partial charge >= 0.3 is 0 Å². The van der Waals surface area contributed by atoms with Crippen LogP contribution in [-0.4, -0.2) is 52.1 Å². The normalized spacial score (nSPS) is 14.6. The van der Waals surface area contributed by atoms with Crippen LogP contribution in [0, 0.1) is 0 Å². The summed E-state index contributed by atoms with van der Waals surface area (Å²) in [6.07, 6.45) is 8.95. The van der Waals surface area contributed by atoms with E-state index in [0.29, 0.717) is 6.04 Å². The molecule has 1 N–H and O–H groups in total. The molecule has 1 fully saturated rings. The Morgan fingerprint density at radius 1 is 1.00 bits per heavy atom. The van der Waals surface area contributed by atoms with Crippen molar-refractivity contribution in [2.24, 2.45) is 7.05 Å². The van der Waals surface area contributed by atoms with Gasteiger partial charge in [-0.3, -0.25) is 9.67 Å². The number of aryl methyl sites for hydroxylation is 1. The summed E-state index contributed by atoms with van der Waals surface area (Å²) in [5, 5.41) is 7.98. The van der Waals surface area contributed by atoms with E-state index in [4.69, 9.17) is 14.5 Å². The van der Waals surface area contributed by atoms with Crippen molar-refractivity contribution in [3.63, 3.8) is 0 Å². The summed E-state index contributed by atoms with van der Waals surface area (Å²) in [6, 6.07) is 12.8. The number of fused-ring (bicyclic) bond motifs is 1. The van der Waals surface area contributed by atoms with Crippen LogP contribution < -0.4 is 19.7 Å². The number of benzene rings is 2. The third-order valence-corrected chi connectivity index (χ3v) is 6.98. The number of methoxy groups -OCH3 is 2. The molecule has 4 aromatic rings. The fourth-order valence-electron chi connectivity index (χ4n) is 4.91. The van der Waals surface area contributed by atoms with E-state index in [1.807, 2.05) is 31.7 Å². The molecule has 0 aliphatic heterocycles. The molecule has 5 rings (SSSR count). The standard InChI is InChI=1S/C28H34N6O2/c1-19(2)30-18-28(9-6-10-28)34(22-11-23(35-4)14-24(12-22)36-5)21-7-8-25-26(13-21)32-27(16-29-25)20-15-31-33(3)17-20/h7-8,11-17,19,30H,6,9-10,18H2,1-5H3. The number of hydrogen-bond acceptors (Lipinski definition) is 7. The van der Waals surface area contributed by atoms with Crippen LogP contribution in [0.25, 0.3) is 22.3 Å². The highest BCUT2D eigenvalue weighted by Crippen LogP contribution is 2.47. The van der Waals surface area contributed by atoms with Crippen molar-refractivity contribution in [1.82, 2.24) is 25.1 Å². The highest BCUT2D eigenvalue weighted by atomic mass is 16.5. The van der Waals surface area contributed by atoms with E-state index in [1.54, 1.807) is 18.9 Å². The van der Waals surface area contributed by atoms with Crippen molar-refractivity contribution in [3.8, 4) is 22.8 Å². The first-order chi connectivity index (χ1) is 17.4. The number of nitrogens with one attached hydrogen (secondary N) is 1. The van der Waals surface area contributed by atoms with Gasteiger partial charge in [0.05, 0.1) is 48.9 Å². The van der Waals surface area contributed by atoms with E-state index < -0.39 is 0 Å². The maximum absolute atomic E-state index is 5.63. The predicted molar refractivity (Wildman–Crippen MR) is 143 cm³/mol. The van der Waals surface area contributed by atoms with Gasteiger partial charge in [0.2, 0.25) is 0 Å². The molecular formula is C28H34N6O2. The second-order valence-corrected chi connectivity index (χ2v) is 9.85. The fraction of sp³-hybridized carbons (Fsp3) is 0.393. The topological polar surface area (TPSA) is 77.3 Å². The third-order valence-electron chi connectivity index (χ3n) is 6.98. The van der Waals surface area contributed by atoms with Gasteiger partial charge in [-0.1, -0.05) is 13.8 Å². The van der Waals surface area contributed by atoms with Crippen LogP contribution in [0.2, 0.25) is 0 Å². The first-order valence-electron chi connectivity index (χ1n) is 12.4. The molecule has 0 spiro atoms. The van der Waals surface area contributed by atoms with E-state index in [9.17, 15) is 0 Å². The molecule has 0 radical (unpaired) electrons. The van der Waals surface area contributed by atoms with E-state index in [-0.39, 0.29) is 5.54 Å². The molecule has 2 aromatic heterocycles. The van der Waals surface area contributed by atoms with Gasteiger partial charge in [-0.25, -0.2) is 4.98 Å². The van der Waals surface area contributed by atoms with Gasteiger partial charge in [0.1, 0.15) is 11.5 Å². The molecule has 0 saturated heterocycles. The van der Waals surface area contributed by atoms with Gasteiger partial charge in [0.25, 0.3) is 0 Å². The Morgan fingerprint density at radius 2 is 1.75 bits per heavy atom. The molecule has 2 aromatic carbocycles. The number of ether oxygens (including phenoxy) is 2. The molecule has 2 heterocycles. The fourth-order valence-corrected chi connectivity index (χ4v) is 4.91. The Bertz CT molecular complexity index is 1340. The van der Waals surface area contributed by atoms with Crippen molar-refractivity contribution in [1.29, 1.82) is 0 Å². The third kappa shape index (κ3) is 4.60. The molecular weight excluding hydrogens is 452 g/mol. The predicted octanol–water partition coefficient (Wildman–Crippen LogP) is 5.11. The molecule has 8 nitrogen and oxygen atoms in total. The highest BCUT2D eigenvalue weighted by molar-refractivity contribution is 5.83. The zero-order valence-electron chi connectivity index (χ0n) is 21.7. The Morgan fingerprint density at radius 3 is 2.33 bits per heavy atom. The molecule has 1 saturated carbocycles. The second-order valence-electron chi connectivity index (χ2n) is 9.85. The molecule has 0 bridgehead atoms. The van der Waals surface area contributed by atoms with Crippen molar-refractivity contribution in [2.75, 3.05) is 25.7 Å². The molecule has 1 aliphatic rings. The lowest BCUT2D eigenvalue weighted by Crippen LogP contribution is -2.58. The van der Waals surface area contributed by atoms with Crippen LogP contribution in [0.3, 0.4) is 0 Å². The largest absolute Gasteiger partial charge is 0.497 e. The summed E-state index contributed by atoms with van der Waals surface area (Å²) < 4.78 is 13.0. The van der Waals surface area contributed by atoms with Crippen LogP contribution >= 0.6 is 0 Å². The molecule has 0 unspecified atom stereocenters. The number of anilines is 2. The Kier molecular flexibility index (Phi) is 6.53. The summed E-state index contributed by atoms with van der Waals surface area (Å²) in [6.45, 7) is 5.26. The number of rotatable bonds is 9. The monoisotopic (exact) mass is 486 g/mol. The number of hydrogen-bond donors (Lipinski definition) is 1. The Balaban J connectivity index is 1.64. The Labute approximate surface area is 212 Å². The Hall–Kier alpha value is -3.65. The quantitative estimate of drug-likeness (QED) is 0.352. The van der Waals surface area contributed by atoms with E-state index in [1.165, 1.54) is 6.42 Å². The van der Waals surface area contributed by atoms with Gasteiger partial charge < -0.3 is 19.7 Å². The van der Waals surface area contributed by atoms with Crippen molar-refractivity contribution in [3.05, 3.63) is 55.0 Å². The molecule has 36 heavy (non-hydrogen) atoms. The lowest BCUT2D eigenvalue weighted by Gasteiger charge is -2.52. The smallest absolute Gasteiger partial charge is 0.124 e. The molecule has 0 atom stereocenters. The van der Waals surface area contributed by atoms with E-state index >= 15 is 0 Å². The average molecular weight is 487 g/mol. The summed E-state index contributed by atoms with van der Waals surface area (Å²) in [7, 11) is 5.28. The maximum atomic E-state index is 5.63. The van der Waals surface area contributed by atoms with Gasteiger partial charge in [-0.05, 0) is 37.5 Å². The van der Waals surface area contributed by atoms with Gasteiger partial charge in [-0.2, -0.15) is 5.10 Å². The van der Waals surface area contributed by atoms with Crippen molar-refractivity contribution in [2.45, 2.75) is 44.7 Å². The lowest BCUT2D eigenvalue weighted by atomic mass is 9.74. The van der Waals surface area contributed by atoms with Gasteiger partial charge in [0, 0.05) is 61.0 Å². The summed E-state index contributed by atoms with van der Waals surface area (Å²) in [5.41, 5.74) is 5.50. The summed E-state index contributed by atoms with van der Waals surface area (Å²) in [4.78, 5) is 12.1. The van der Waals surface area contributed by atoms with Crippen LogP contribution in [0.1, 0.15) is 33.1 Å². The van der Waals surface area contributed by atoms with Crippen molar-refractivity contribution < 1.29 is 9.47 Å². The zero-order chi connectivity index (χ0) is 25.3. The number of aromatic nitrogens is 4. The van der Waals surface area contributed by atoms with E-state index in [0.717, 1.165) is 64.6 Å². The molecule has 8 heteroatoms. The highest BCUT2D eigenvalue weighted by Gasteiger charge is 2.43. The minimum absolute atomic E-state index is 0.0658. The SMILES string of the molecule is COc1cc(OC)cc(N(c2ccc3ncc(-c4cnn(C)c4)nc3c2)C2(CNC(C)C)CCC2)c1. The molecule has 1 aliphatic carbocycles. The van der Waals surface area contributed by atoms with Crippen LogP contribution in [0.15, 0.2) is 55.0 Å². The zero-order valence-corrected chi connectivity index (χ0v) is 21.7. The van der Waals surface area contributed by atoms with Crippen LogP contribution in [0.5, 0.6) is 11.5 Å². The minimum Gasteiger partial charge on any atom is -0.497 e. The van der Waals surface area contributed by atoms with E-state index in [2.05, 4.69) is 64.5 Å². The first-order valence-corrected chi connectivity index (χ1v) is 12.4. The van der Waals surface area contributed by atoms with Gasteiger partial charge in [0.15, 0.2) is 0 Å². The summed E-state index contributed by atoms with van der Waals surface area (Å²) >= 11 is 0. The lowest BCUT2D eigenvalue weighted by molar-refractivity contribution is 0.231. The summed E-state index contributed by atoms with van der Waals surface area (Å²) in [5.74, 6) is 1.53. The first kappa shape index (κ1) is 24.1. The number of nitrogens with zero attached hydrogens (tertiary/aromatic N) is 5. The van der Waals surface area contributed by atoms with Crippen LogP contribution in [-0.2, 0) is 7.05 Å². The maximum Gasteiger partial charge on any atom is 0.124 e. The average Bonchev–Trinajstić information content (AvgIpc) is 3.30. The van der Waals surface area contributed by atoms with Crippen molar-refractivity contribution >= 4 is 22.4 Å². The molecule has 0 amide bonds. The second kappa shape index (κ2) is 9.78. The van der Waals surface area contributed by atoms with Gasteiger partial charge in [-0.15, -0.1) is 0 Å². The minimum atomic E-state index is -0.0658. The van der Waals surface area contributed by atoms with Crippen LogP contribution in [0.4, 0.5) is 11.4 Å².